The number of hydrogen-bond acceptors (Lipinski definition) is 6. The normalized spacial score (nSPS) is 14.5. The maximum Gasteiger partial charge on any atom is 0.339 e. The second-order valence-electron chi connectivity index (χ2n) is 8.44. The Morgan fingerprint density at radius 3 is 2.42 bits per heavy atom. The van der Waals surface area contributed by atoms with Crippen LogP contribution in [0.1, 0.15) is 15.9 Å². The van der Waals surface area contributed by atoms with E-state index in [1.165, 1.54) is 6.07 Å². The SMILES string of the molecule is CN(CC(COc1ccccc1)OC(=O)c1cccc2ccccc12)C1=NS(=O)(=O)c2ccccc21. The topological polar surface area (TPSA) is 85.3 Å². The summed E-state index contributed by atoms with van der Waals surface area (Å²) in [6, 6.07) is 29.0. The van der Waals surface area contributed by atoms with Crippen LogP contribution in [0.3, 0.4) is 0 Å². The Hall–Kier alpha value is -4.17. The van der Waals surface area contributed by atoms with E-state index in [1.54, 1.807) is 36.2 Å². The zero-order valence-corrected chi connectivity index (χ0v) is 20.4. The Labute approximate surface area is 209 Å². The molecule has 1 aliphatic heterocycles. The van der Waals surface area contributed by atoms with E-state index in [-0.39, 0.29) is 18.0 Å². The van der Waals surface area contributed by atoms with Crippen molar-refractivity contribution in [1.82, 2.24) is 4.90 Å². The van der Waals surface area contributed by atoms with Gasteiger partial charge in [0.15, 0.2) is 11.9 Å². The summed E-state index contributed by atoms with van der Waals surface area (Å²) in [4.78, 5) is 15.1. The molecule has 0 saturated heterocycles. The molecule has 0 N–H and O–H groups in total. The van der Waals surface area contributed by atoms with Gasteiger partial charge in [0.05, 0.1) is 12.1 Å². The molecule has 8 heteroatoms. The summed E-state index contributed by atoms with van der Waals surface area (Å²) in [6.07, 6.45) is -0.708. The largest absolute Gasteiger partial charge is 0.490 e. The van der Waals surface area contributed by atoms with Crippen molar-refractivity contribution in [1.29, 1.82) is 0 Å². The van der Waals surface area contributed by atoms with Crippen LogP contribution in [0, 0.1) is 0 Å². The first-order valence-electron chi connectivity index (χ1n) is 11.4. The predicted octanol–water partition coefficient (Wildman–Crippen LogP) is 4.53. The molecule has 1 unspecified atom stereocenters. The van der Waals surface area contributed by atoms with Gasteiger partial charge in [-0.2, -0.15) is 8.42 Å². The Balaban J connectivity index is 1.40. The minimum Gasteiger partial charge on any atom is -0.490 e. The molecule has 1 atom stereocenters. The van der Waals surface area contributed by atoms with Gasteiger partial charge in [0.25, 0.3) is 10.0 Å². The number of rotatable bonds is 7. The first kappa shape index (κ1) is 23.6. The number of esters is 1. The average Bonchev–Trinajstić information content (AvgIpc) is 3.18. The van der Waals surface area contributed by atoms with E-state index in [9.17, 15) is 13.2 Å². The highest BCUT2D eigenvalue weighted by Crippen LogP contribution is 2.27. The van der Waals surface area contributed by atoms with Crippen LogP contribution in [-0.2, 0) is 14.8 Å². The number of hydrogen-bond donors (Lipinski definition) is 0. The Bertz CT molecular complexity index is 1550. The molecule has 0 aromatic heterocycles. The molecule has 5 rings (SSSR count). The molecule has 0 aliphatic carbocycles. The van der Waals surface area contributed by atoms with Gasteiger partial charge < -0.3 is 14.4 Å². The second-order valence-corrected chi connectivity index (χ2v) is 10.0. The van der Waals surface area contributed by atoms with Crippen molar-refractivity contribution in [2.24, 2.45) is 4.40 Å². The van der Waals surface area contributed by atoms with Crippen molar-refractivity contribution in [3.05, 3.63) is 108 Å². The van der Waals surface area contributed by atoms with Crippen molar-refractivity contribution in [2.75, 3.05) is 20.2 Å². The molecular formula is C28H24N2O5S. The quantitative estimate of drug-likeness (QED) is 0.347. The third-order valence-electron chi connectivity index (χ3n) is 5.91. The fourth-order valence-corrected chi connectivity index (χ4v) is 5.46. The first-order valence-corrected chi connectivity index (χ1v) is 12.9. The molecule has 0 fully saturated rings. The monoisotopic (exact) mass is 500 g/mol. The summed E-state index contributed by atoms with van der Waals surface area (Å²) < 4.78 is 40.9. The van der Waals surface area contributed by atoms with Crippen molar-refractivity contribution >= 4 is 32.6 Å². The highest BCUT2D eigenvalue weighted by atomic mass is 32.2. The van der Waals surface area contributed by atoms with Crippen LogP contribution in [0.25, 0.3) is 10.8 Å². The van der Waals surface area contributed by atoms with Gasteiger partial charge in [0, 0.05) is 12.6 Å². The summed E-state index contributed by atoms with van der Waals surface area (Å²) in [5.41, 5.74) is 0.967. The van der Waals surface area contributed by atoms with Crippen LogP contribution < -0.4 is 4.74 Å². The van der Waals surface area contributed by atoms with Crippen LogP contribution in [0.2, 0.25) is 0 Å². The van der Waals surface area contributed by atoms with Crippen molar-refractivity contribution in [3.8, 4) is 5.75 Å². The van der Waals surface area contributed by atoms with Crippen molar-refractivity contribution < 1.29 is 22.7 Å². The number of carbonyl (C=O) groups excluding carboxylic acids is 1. The minimum absolute atomic E-state index is 0.0759. The smallest absolute Gasteiger partial charge is 0.339 e. The molecule has 1 aliphatic rings. The van der Waals surface area contributed by atoms with Crippen LogP contribution in [0.5, 0.6) is 5.75 Å². The maximum absolute atomic E-state index is 13.3. The van der Waals surface area contributed by atoms with Crippen molar-refractivity contribution in [2.45, 2.75) is 11.0 Å². The molecule has 4 aromatic rings. The van der Waals surface area contributed by atoms with Gasteiger partial charge >= 0.3 is 5.97 Å². The summed E-state index contributed by atoms with van der Waals surface area (Å²) >= 11 is 0. The zero-order valence-electron chi connectivity index (χ0n) is 19.6. The number of nitrogens with zero attached hydrogens (tertiary/aromatic N) is 2. The van der Waals surface area contributed by atoms with E-state index in [0.717, 1.165) is 10.8 Å². The lowest BCUT2D eigenvalue weighted by molar-refractivity contribution is 0.0132. The molecule has 7 nitrogen and oxygen atoms in total. The predicted molar refractivity (Wildman–Crippen MR) is 138 cm³/mol. The van der Waals surface area contributed by atoms with Crippen LogP contribution >= 0.6 is 0 Å². The summed E-state index contributed by atoms with van der Waals surface area (Å²) in [7, 11) is -2.05. The highest BCUT2D eigenvalue weighted by molar-refractivity contribution is 7.90. The number of sulfonamides is 1. The molecule has 182 valence electrons. The standard InChI is InChI=1S/C28H24N2O5S/c1-30(27-25-15-7-8-17-26(25)36(32,33)29-27)18-22(19-34-21-12-3-2-4-13-21)35-28(31)24-16-9-11-20-10-5-6-14-23(20)24/h2-17,22H,18-19H2,1H3. The molecule has 0 bridgehead atoms. The molecule has 0 spiro atoms. The third kappa shape index (κ3) is 4.81. The zero-order chi connectivity index (χ0) is 25.1. The van der Waals surface area contributed by atoms with Crippen LogP contribution in [0.15, 0.2) is 106 Å². The molecular weight excluding hydrogens is 476 g/mol. The van der Waals surface area contributed by atoms with Gasteiger partial charge in [-0.15, -0.1) is 4.40 Å². The van der Waals surface area contributed by atoms with E-state index >= 15 is 0 Å². The third-order valence-corrected chi connectivity index (χ3v) is 7.24. The lowest BCUT2D eigenvalue weighted by atomic mass is 10.0. The molecule has 0 radical (unpaired) electrons. The molecule has 0 amide bonds. The summed E-state index contributed by atoms with van der Waals surface area (Å²) in [6.45, 7) is 0.249. The minimum atomic E-state index is -3.77. The lowest BCUT2D eigenvalue weighted by Gasteiger charge is -2.26. The van der Waals surface area contributed by atoms with Gasteiger partial charge in [0.2, 0.25) is 0 Å². The number of para-hydroxylation sites is 1. The molecule has 0 saturated carbocycles. The van der Waals surface area contributed by atoms with Crippen LogP contribution in [-0.4, -0.2) is 51.4 Å². The highest BCUT2D eigenvalue weighted by Gasteiger charge is 2.32. The van der Waals surface area contributed by atoms with Gasteiger partial charge in [-0.05, 0) is 41.1 Å². The summed E-state index contributed by atoms with van der Waals surface area (Å²) in [5, 5.41) is 1.73. The van der Waals surface area contributed by atoms with E-state index in [1.807, 2.05) is 66.7 Å². The number of ether oxygens (including phenoxy) is 2. The van der Waals surface area contributed by atoms with Gasteiger partial charge in [-0.1, -0.05) is 66.7 Å². The number of benzene rings is 4. The van der Waals surface area contributed by atoms with Gasteiger partial charge in [-0.3, -0.25) is 0 Å². The van der Waals surface area contributed by atoms with Gasteiger partial charge in [-0.25, -0.2) is 4.79 Å². The average molecular weight is 501 g/mol. The first-order chi connectivity index (χ1) is 17.4. The van der Waals surface area contributed by atoms with Gasteiger partial charge in [0.1, 0.15) is 17.3 Å². The maximum atomic E-state index is 13.3. The number of amidine groups is 1. The number of likely N-dealkylation sites (N-methyl/N-ethyl adjacent to an activating group) is 1. The van der Waals surface area contributed by atoms with E-state index in [2.05, 4.69) is 4.40 Å². The number of carbonyl (C=O) groups is 1. The fourth-order valence-electron chi connectivity index (χ4n) is 4.20. The summed E-state index contributed by atoms with van der Waals surface area (Å²) in [5.74, 6) is 0.456. The molecule has 36 heavy (non-hydrogen) atoms. The Morgan fingerprint density at radius 2 is 1.58 bits per heavy atom. The second kappa shape index (κ2) is 9.83. The van der Waals surface area contributed by atoms with E-state index < -0.39 is 22.1 Å². The Morgan fingerprint density at radius 1 is 0.889 bits per heavy atom. The van der Waals surface area contributed by atoms with Crippen LogP contribution in [0.4, 0.5) is 0 Å². The Kier molecular flexibility index (Phi) is 6.43. The molecule has 4 aromatic carbocycles. The fraction of sp³-hybridized carbons (Fsp3) is 0.143. The van der Waals surface area contributed by atoms with Crippen molar-refractivity contribution in [3.63, 3.8) is 0 Å². The van der Waals surface area contributed by atoms with E-state index in [4.69, 9.17) is 9.47 Å². The van der Waals surface area contributed by atoms with E-state index in [0.29, 0.717) is 22.7 Å². The molecule has 1 heterocycles. The number of fused-ring (bicyclic) bond motifs is 2. The lowest BCUT2D eigenvalue weighted by Crippen LogP contribution is -2.39.